The van der Waals surface area contributed by atoms with Gasteiger partial charge in [0.1, 0.15) is 0 Å². The lowest BCUT2D eigenvalue weighted by Crippen LogP contribution is -2.50. The van der Waals surface area contributed by atoms with Crippen molar-refractivity contribution in [2.24, 2.45) is 11.8 Å². The Balaban J connectivity index is 2.03. The SMILES string of the molecule is N#Cc1ccc(N2C[C@@H]3COC[C@@H]3[C@H]2C(O)C(F)(F)F)cc1C(F)(F)F. The number of fused-ring (bicyclic) bond motifs is 1. The summed E-state index contributed by atoms with van der Waals surface area (Å²) < 4.78 is 83.9. The number of alkyl halides is 6. The highest BCUT2D eigenvalue weighted by atomic mass is 19.4. The van der Waals surface area contributed by atoms with Gasteiger partial charge in [0.05, 0.1) is 36.5 Å². The number of ether oxygens (including phenoxy) is 1. The van der Waals surface area contributed by atoms with E-state index in [-0.39, 0.29) is 31.4 Å². The fourth-order valence-corrected chi connectivity index (χ4v) is 3.70. The number of benzene rings is 1. The second-order valence-electron chi connectivity index (χ2n) is 6.43. The molecule has 142 valence electrons. The fraction of sp³-hybridized carbons (Fsp3) is 0.562. The number of nitriles is 1. The van der Waals surface area contributed by atoms with E-state index in [1.807, 2.05) is 0 Å². The van der Waals surface area contributed by atoms with E-state index in [4.69, 9.17) is 10.00 Å². The number of aliphatic hydroxyl groups is 1. The predicted molar refractivity (Wildman–Crippen MR) is 77.2 cm³/mol. The summed E-state index contributed by atoms with van der Waals surface area (Å²) in [6, 6.07) is 2.75. The van der Waals surface area contributed by atoms with Crippen LogP contribution in [0.15, 0.2) is 18.2 Å². The monoisotopic (exact) mass is 380 g/mol. The third-order valence-corrected chi connectivity index (χ3v) is 4.90. The summed E-state index contributed by atoms with van der Waals surface area (Å²) in [7, 11) is 0. The first-order valence-electron chi connectivity index (χ1n) is 7.74. The molecule has 3 rings (SSSR count). The molecular formula is C16H14F6N2O2. The molecule has 1 aromatic rings. The normalized spacial score (nSPS) is 27.3. The lowest BCUT2D eigenvalue weighted by atomic mass is 9.90. The van der Waals surface area contributed by atoms with Crippen molar-refractivity contribution in [2.75, 3.05) is 24.7 Å². The van der Waals surface area contributed by atoms with E-state index < -0.39 is 41.5 Å². The Bertz CT molecular complexity index is 727. The average Bonchev–Trinajstić information content (AvgIpc) is 3.12. The summed E-state index contributed by atoms with van der Waals surface area (Å²) in [5.74, 6) is -0.960. The van der Waals surface area contributed by atoms with Gasteiger partial charge >= 0.3 is 12.4 Å². The zero-order valence-corrected chi connectivity index (χ0v) is 13.2. The first-order valence-corrected chi connectivity index (χ1v) is 7.74. The van der Waals surface area contributed by atoms with Gasteiger partial charge in [0, 0.05) is 24.1 Å². The molecule has 0 aliphatic carbocycles. The van der Waals surface area contributed by atoms with E-state index in [1.165, 1.54) is 12.1 Å². The molecule has 0 amide bonds. The largest absolute Gasteiger partial charge is 0.417 e. The van der Waals surface area contributed by atoms with Crippen molar-refractivity contribution in [3.8, 4) is 6.07 Å². The third-order valence-electron chi connectivity index (χ3n) is 4.90. The molecule has 2 aliphatic heterocycles. The molecule has 0 spiro atoms. The molecule has 0 bridgehead atoms. The summed E-state index contributed by atoms with van der Waals surface area (Å²) in [6.07, 6.45) is -12.5. The van der Waals surface area contributed by atoms with Gasteiger partial charge in [-0.2, -0.15) is 31.6 Å². The number of nitrogens with zero attached hydrogens (tertiary/aromatic N) is 2. The van der Waals surface area contributed by atoms with E-state index in [1.54, 1.807) is 0 Å². The van der Waals surface area contributed by atoms with Gasteiger partial charge in [0.15, 0.2) is 6.10 Å². The van der Waals surface area contributed by atoms with E-state index in [0.29, 0.717) is 6.07 Å². The molecule has 1 unspecified atom stereocenters. The van der Waals surface area contributed by atoms with Crippen molar-refractivity contribution in [3.05, 3.63) is 29.3 Å². The van der Waals surface area contributed by atoms with Crippen molar-refractivity contribution < 1.29 is 36.2 Å². The third kappa shape index (κ3) is 3.21. The molecule has 0 aromatic heterocycles. The van der Waals surface area contributed by atoms with Crippen molar-refractivity contribution in [1.29, 1.82) is 5.26 Å². The summed E-state index contributed by atoms with van der Waals surface area (Å²) in [4.78, 5) is 1.15. The molecule has 0 radical (unpaired) electrons. The Morgan fingerprint density at radius 2 is 1.88 bits per heavy atom. The second-order valence-corrected chi connectivity index (χ2v) is 6.43. The lowest BCUT2D eigenvalue weighted by Gasteiger charge is -2.34. The standard InChI is InChI=1S/C16H14F6N2O2/c17-15(18,19)12-3-10(2-1-8(12)4-23)24-5-9-6-26-7-11(9)13(24)14(25)16(20,21)22/h1-3,9,11,13-14,25H,5-7H2/t9-,11+,13+,14?/m1/s1. The number of rotatable bonds is 2. The highest BCUT2D eigenvalue weighted by Gasteiger charge is 2.55. The Hall–Kier alpha value is -1.99. The van der Waals surface area contributed by atoms with Crippen molar-refractivity contribution >= 4 is 5.69 Å². The zero-order valence-electron chi connectivity index (χ0n) is 13.2. The molecule has 4 atom stereocenters. The first kappa shape index (κ1) is 18.8. The van der Waals surface area contributed by atoms with Gasteiger partial charge in [-0.1, -0.05) is 0 Å². The van der Waals surface area contributed by atoms with Gasteiger partial charge in [-0.3, -0.25) is 0 Å². The maximum atomic E-state index is 13.2. The van der Waals surface area contributed by atoms with Crippen LogP contribution in [0.2, 0.25) is 0 Å². The fourth-order valence-electron chi connectivity index (χ4n) is 3.70. The van der Waals surface area contributed by atoms with Gasteiger partial charge in [-0.25, -0.2) is 0 Å². The number of aliphatic hydroxyl groups excluding tert-OH is 1. The molecule has 26 heavy (non-hydrogen) atoms. The molecular weight excluding hydrogens is 366 g/mol. The quantitative estimate of drug-likeness (QED) is 0.802. The smallest absolute Gasteiger partial charge is 0.382 e. The van der Waals surface area contributed by atoms with Crippen LogP contribution in [0.4, 0.5) is 32.0 Å². The lowest BCUT2D eigenvalue weighted by molar-refractivity contribution is -0.212. The minimum absolute atomic E-state index is 0.00137. The van der Waals surface area contributed by atoms with Crippen LogP contribution in [0.3, 0.4) is 0 Å². The van der Waals surface area contributed by atoms with E-state index in [2.05, 4.69) is 0 Å². The van der Waals surface area contributed by atoms with Crippen molar-refractivity contribution in [3.63, 3.8) is 0 Å². The minimum atomic E-state index is -4.92. The van der Waals surface area contributed by atoms with Crippen molar-refractivity contribution in [2.45, 2.75) is 24.5 Å². The maximum Gasteiger partial charge on any atom is 0.417 e. The van der Waals surface area contributed by atoms with Crippen LogP contribution in [0.1, 0.15) is 11.1 Å². The molecule has 2 saturated heterocycles. The van der Waals surface area contributed by atoms with E-state index in [9.17, 15) is 31.4 Å². The summed E-state index contributed by atoms with van der Waals surface area (Å²) >= 11 is 0. The number of anilines is 1. The van der Waals surface area contributed by atoms with Crippen LogP contribution in [0.5, 0.6) is 0 Å². The molecule has 0 saturated carbocycles. The highest BCUT2D eigenvalue weighted by Crippen LogP contribution is 2.44. The molecule has 2 heterocycles. The molecule has 2 fully saturated rings. The Morgan fingerprint density at radius 3 is 2.46 bits per heavy atom. The van der Waals surface area contributed by atoms with Crippen molar-refractivity contribution in [1.82, 2.24) is 0 Å². The van der Waals surface area contributed by atoms with Gasteiger partial charge < -0.3 is 14.7 Å². The van der Waals surface area contributed by atoms with Gasteiger partial charge in [-0.15, -0.1) is 0 Å². The molecule has 2 aliphatic rings. The summed E-state index contributed by atoms with van der Waals surface area (Å²) in [6.45, 7) is 0.220. The first-order chi connectivity index (χ1) is 12.0. The van der Waals surface area contributed by atoms with Crippen LogP contribution in [-0.2, 0) is 10.9 Å². The molecule has 4 nitrogen and oxygen atoms in total. The van der Waals surface area contributed by atoms with Gasteiger partial charge in [0.25, 0.3) is 0 Å². The molecule has 1 aromatic carbocycles. The Labute approximate surface area is 144 Å². The van der Waals surface area contributed by atoms with Crippen LogP contribution in [-0.4, -0.2) is 43.2 Å². The number of halogens is 6. The predicted octanol–water partition coefficient (Wildman–Crippen LogP) is 2.95. The van der Waals surface area contributed by atoms with Crippen LogP contribution < -0.4 is 4.90 Å². The minimum Gasteiger partial charge on any atom is -0.382 e. The Morgan fingerprint density at radius 1 is 1.19 bits per heavy atom. The Kier molecular flexibility index (Phi) is 4.56. The van der Waals surface area contributed by atoms with Gasteiger partial charge in [0.2, 0.25) is 0 Å². The van der Waals surface area contributed by atoms with Crippen LogP contribution >= 0.6 is 0 Å². The topological polar surface area (TPSA) is 56.5 Å². The zero-order chi connectivity index (χ0) is 19.3. The number of hydrogen-bond acceptors (Lipinski definition) is 4. The molecule has 10 heteroatoms. The van der Waals surface area contributed by atoms with Crippen LogP contribution in [0.25, 0.3) is 0 Å². The second kappa shape index (κ2) is 6.32. The maximum absolute atomic E-state index is 13.2. The average molecular weight is 380 g/mol. The number of hydrogen-bond donors (Lipinski definition) is 1. The summed E-state index contributed by atoms with van der Waals surface area (Å²) in [5, 5.41) is 18.6. The molecule has 1 N–H and O–H groups in total. The summed E-state index contributed by atoms with van der Waals surface area (Å²) in [5.41, 5.74) is -1.94. The van der Waals surface area contributed by atoms with Gasteiger partial charge in [-0.05, 0) is 18.2 Å². The van der Waals surface area contributed by atoms with Crippen LogP contribution in [0, 0.1) is 23.2 Å². The highest BCUT2D eigenvalue weighted by molar-refractivity contribution is 5.56. The van der Waals surface area contributed by atoms with E-state index >= 15 is 0 Å². The van der Waals surface area contributed by atoms with E-state index in [0.717, 1.165) is 11.0 Å².